The van der Waals surface area contributed by atoms with Crippen LogP contribution in [0.1, 0.15) is 44.2 Å². The zero-order valence-electron chi connectivity index (χ0n) is 16.6. The van der Waals surface area contributed by atoms with Crippen molar-refractivity contribution in [2.45, 2.75) is 44.9 Å². The lowest BCUT2D eigenvalue weighted by Crippen LogP contribution is -2.48. The average molecular weight is 380 g/mol. The van der Waals surface area contributed by atoms with Crippen LogP contribution in [0.3, 0.4) is 0 Å². The molecule has 2 aromatic rings. The highest BCUT2D eigenvalue weighted by Gasteiger charge is 2.38. The molecule has 0 saturated carbocycles. The summed E-state index contributed by atoms with van der Waals surface area (Å²) in [5, 5.41) is 19.2. The van der Waals surface area contributed by atoms with Gasteiger partial charge in [0.15, 0.2) is 5.82 Å². The number of hydrogen-bond acceptors (Lipinski definition) is 5. The van der Waals surface area contributed by atoms with Crippen LogP contribution in [-0.2, 0) is 6.54 Å². The number of aliphatic hydroxyl groups is 1. The van der Waals surface area contributed by atoms with Crippen molar-refractivity contribution in [3.05, 3.63) is 54.4 Å². The summed E-state index contributed by atoms with van der Waals surface area (Å²) in [5.74, 6) is 2.43. The van der Waals surface area contributed by atoms with Crippen LogP contribution in [0.5, 0.6) is 5.75 Å². The summed E-state index contributed by atoms with van der Waals surface area (Å²) in [6.07, 6.45) is 7.31. The highest BCUT2D eigenvalue weighted by Crippen LogP contribution is 2.38. The van der Waals surface area contributed by atoms with Gasteiger partial charge in [-0.15, -0.1) is 16.8 Å². The van der Waals surface area contributed by atoms with Gasteiger partial charge in [0.25, 0.3) is 0 Å². The Kier molecular flexibility index (Phi) is 4.98. The van der Waals surface area contributed by atoms with Gasteiger partial charge in [0.1, 0.15) is 17.5 Å². The molecule has 1 fully saturated rings. The van der Waals surface area contributed by atoms with Crippen molar-refractivity contribution in [1.29, 1.82) is 0 Å². The first kappa shape index (κ1) is 18.7. The average Bonchev–Trinajstić information content (AvgIpc) is 3.11. The van der Waals surface area contributed by atoms with Gasteiger partial charge in [-0.3, -0.25) is 4.57 Å². The third-order valence-corrected chi connectivity index (χ3v) is 5.66. The second-order valence-corrected chi connectivity index (χ2v) is 7.97. The molecule has 0 aliphatic carbocycles. The third kappa shape index (κ3) is 3.33. The maximum absolute atomic E-state index is 10.5. The van der Waals surface area contributed by atoms with Crippen molar-refractivity contribution in [1.82, 2.24) is 14.8 Å². The van der Waals surface area contributed by atoms with Crippen molar-refractivity contribution >= 4 is 12.0 Å². The van der Waals surface area contributed by atoms with Crippen LogP contribution in [0.4, 0.5) is 5.95 Å². The number of allylic oxidation sites excluding steroid dienone is 1. The lowest BCUT2D eigenvalue weighted by Gasteiger charge is -2.42. The van der Waals surface area contributed by atoms with Gasteiger partial charge in [-0.25, -0.2) is 0 Å². The maximum atomic E-state index is 10.5. The summed E-state index contributed by atoms with van der Waals surface area (Å²) >= 11 is 0. The Bertz CT molecular complexity index is 878. The van der Waals surface area contributed by atoms with Crippen LogP contribution >= 0.6 is 0 Å². The Morgan fingerprint density at radius 1 is 1.25 bits per heavy atom. The van der Waals surface area contributed by atoms with Crippen molar-refractivity contribution in [2.75, 3.05) is 18.0 Å². The minimum absolute atomic E-state index is 0.0751. The number of para-hydroxylation sites is 1. The number of aliphatic hydroxyl groups excluding tert-OH is 1. The first-order valence-corrected chi connectivity index (χ1v) is 9.97. The van der Waals surface area contributed by atoms with E-state index in [0.29, 0.717) is 12.4 Å². The molecular formula is C22H28N4O2. The van der Waals surface area contributed by atoms with E-state index in [1.165, 1.54) is 0 Å². The highest BCUT2D eigenvalue weighted by molar-refractivity contribution is 5.61. The number of ether oxygens (including phenoxy) is 1. The lowest BCUT2D eigenvalue weighted by molar-refractivity contribution is 0.0886. The summed E-state index contributed by atoms with van der Waals surface area (Å²) in [7, 11) is 0. The molecule has 6 heteroatoms. The molecule has 1 spiro atoms. The zero-order valence-corrected chi connectivity index (χ0v) is 16.6. The SMILES string of the molecule is C=CCn1c(C(O)C(C)C)nnc1N1CCC2(C=Cc3ccccc3O2)CC1. The largest absolute Gasteiger partial charge is 0.482 e. The second-order valence-electron chi connectivity index (χ2n) is 7.97. The Morgan fingerprint density at radius 2 is 2.00 bits per heavy atom. The highest BCUT2D eigenvalue weighted by atomic mass is 16.5. The molecule has 1 atom stereocenters. The van der Waals surface area contributed by atoms with E-state index >= 15 is 0 Å². The summed E-state index contributed by atoms with van der Waals surface area (Å²) in [5.41, 5.74) is 0.877. The molecule has 0 radical (unpaired) electrons. The smallest absolute Gasteiger partial charge is 0.227 e. The van der Waals surface area contributed by atoms with E-state index in [9.17, 15) is 5.11 Å². The van der Waals surface area contributed by atoms with Gasteiger partial charge in [-0.2, -0.15) is 0 Å². The first-order valence-electron chi connectivity index (χ1n) is 9.97. The molecule has 0 bridgehead atoms. The van der Waals surface area contributed by atoms with Gasteiger partial charge in [0.2, 0.25) is 5.95 Å². The molecule has 2 aliphatic heterocycles. The normalized spacial score (nSPS) is 18.8. The predicted octanol–water partition coefficient (Wildman–Crippen LogP) is 3.60. The number of fused-ring (bicyclic) bond motifs is 1. The molecule has 3 heterocycles. The molecule has 1 aromatic carbocycles. The van der Waals surface area contributed by atoms with Crippen LogP contribution < -0.4 is 9.64 Å². The standard InChI is InChI=1S/C22H28N4O2/c1-4-13-26-20(19(27)16(2)3)23-24-21(26)25-14-11-22(12-15-25)10-9-17-7-5-6-8-18(17)28-22/h4-10,16,19,27H,1,11-15H2,2-3H3. The minimum Gasteiger partial charge on any atom is -0.482 e. The van der Waals surface area contributed by atoms with Gasteiger partial charge < -0.3 is 14.7 Å². The van der Waals surface area contributed by atoms with E-state index in [-0.39, 0.29) is 11.5 Å². The fourth-order valence-corrected chi connectivity index (χ4v) is 3.92. The Balaban J connectivity index is 1.52. The number of piperidine rings is 1. The monoisotopic (exact) mass is 380 g/mol. The number of anilines is 1. The molecule has 1 aromatic heterocycles. The first-order chi connectivity index (χ1) is 13.5. The Hall–Kier alpha value is -2.60. The number of benzene rings is 1. The molecule has 6 nitrogen and oxygen atoms in total. The molecule has 28 heavy (non-hydrogen) atoms. The molecule has 4 rings (SSSR count). The van der Waals surface area contributed by atoms with E-state index in [4.69, 9.17) is 4.74 Å². The van der Waals surface area contributed by atoms with E-state index in [1.807, 2.05) is 42.7 Å². The molecule has 0 amide bonds. The molecule has 1 saturated heterocycles. The Morgan fingerprint density at radius 3 is 2.71 bits per heavy atom. The van der Waals surface area contributed by atoms with Crippen molar-refractivity contribution < 1.29 is 9.84 Å². The summed E-state index contributed by atoms with van der Waals surface area (Å²) in [6.45, 7) is 10.0. The minimum atomic E-state index is -0.640. The fraction of sp³-hybridized carbons (Fsp3) is 0.455. The van der Waals surface area contributed by atoms with E-state index in [0.717, 1.165) is 43.2 Å². The number of nitrogens with zero attached hydrogens (tertiary/aromatic N) is 4. The van der Waals surface area contributed by atoms with Gasteiger partial charge in [-0.05, 0) is 18.1 Å². The molecule has 148 valence electrons. The quantitative estimate of drug-likeness (QED) is 0.803. The number of hydrogen-bond donors (Lipinski definition) is 1. The van der Waals surface area contributed by atoms with Gasteiger partial charge in [0.05, 0.1) is 0 Å². The molecular weight excluding hydrogens is 352 g/mol. The van der Waals surface area contributed by atoms with Crippen molar-refractivity contribution in [3.8, 4) is 5.75 Å². The van der Waals surface area contributed by atoms with E-state index in [1.54, 1.807) is 0 Å². The summed E-state index contributed by atoms with van der Waals surface area (Å²) in [6, 6.07) is 8.16. The zero-order chi connectivity index (χ0) is 19.7. The van der Waals surface area contributed by atoms with Crippen LogP contribution in [0.15, 0.2) is 43.0 Å². The van der Waals surface area contributed by atoms with E-state index < -0.39 is 6.10 Å². The van der Waals surface area contributed by atoms with Gasteiger partial charge in [0, 0.05) is 38.0 Å². The van der Waals surface area contributed by atoms with Crippen LogP contribution in [0.25, 0.3) is 6.08 Å². The van der Waals surface area contributed by atoms with Crippen molar-refractivity contribution in [2.24, 2.45) is 5.92 Å². The predicted molar refractivity (Wildman–Crippen MR) is 110 cm³/mol. The van der Waals surface area contributed by atoms with Gasteiger partial charge in [-0.1, -0.05) is 44.2 Å². The maximum Gasteiger partial charge on any atom is 0.227 e. The van der Waals surface area contributed by atoms with Crippen LogP contribution in [0.2, 0.25) is 0 Å². The summed E-state index contributed by atoms with van der Waals surface area (Å²) in [4.78, 5) is 2.23. The molecule has 1 unspecified atom stereocenters. The molecule has 2 aliphatic rings. The van der Waals surface area contributed by atoms with Gasteiger partial charge >= 0.3 is 0 Å². The summed E-state index contributed by atoms with van der Waals surface area (Å²) < 4.78 is 8.36. The topological polar surface area (TPSA) is 63.4 Å². The number of rotatable bonds is 5. The van der Waals surface area contributed by atoms with Crippen LogP contribution in [0, 0.1) is 5.92 Å². The van der Waals surface area contributed by atoms with E-state index in [2.05, 4.69) is 39.9 Å². The van der Waals surface area contributed by atoms with Crippen molar-refractivity contribution in [3.63, 3.8) is 0 Å². The third-order valence-electron chi connectivity index (χ3n) is 5.66. The molecule has 1 N–H and O–H groups in total. The lowest BCUT2D eigenvalue weighted by atomic mass is 9.88. The fourth-order valence-electron chi connectivity index (χ4n) is 3.92. The van der Waals surface area contributed by atoms with Crippen LogP contribution in [-0.4, -0.2) is 38.6 Å². The Labute approximate surface area is 166 Å². The number of aromatic nitrogens is 3. The second kappa shape index (κ2) is 7.43.